The number of pyridine rings is 1. The predicted molar refractivity (Wildman–Crippen MR) is 109 cm³/mol. The van der Waals surface area contributed by atoms with E-state index in [2.05, 4.69) is 34.3 Å². The molecule has 3 rings (SSSR count). The molecule has 1 unspecified atom stereocenters. The molecule has 0 aliphatic heterocycles. The molecule has 5 nitrogen and oxygen atoms in total. The maximum atomic E-state index is 12.6. The standard InChI is InChI=1S/C19H22N4OS2/c1-4-15(18(24)21-19-23-22-17(26-19)11-12(2)3)25-16-10-9-13-7-5-6-8-14(13)20-16/h5-10,12,15H,4,11H2,1-3H3,(H,21,23,24). The van der Waals surface area contributed by atoms with Gasteiger partial charge in [-0.05, 0) is 24.5 Å². The second-order valence-corrected chi connectivity index (χ2v) is 8.73. The van der Waals surface area contributed by atoms with E-state index >= 15 is 0 Å². The van der Waals surface area contributed by atoms with Crippen LogP contribution in [0.2, 0.25) is 0 Å². The van der Waals surface area contributed by atoms with E-state index < -0.39 is 0 Å². The van der Waals surface area contributed by atoms with Crippen LogP contribution in [0.15, 0.2) is 41.4 Å². The summed E-state index contributed by atoms with van der Waals surface area (Å²) in [6, 6.07) is 12.0. The van der Waals surface area contributed by atoms with Crippen LogP contribution in [0.25, 0.3) is 10.9 Å². The van der Waals surface area contributed by atoms with Crippen molar-refractivity contribution in [3.05, 3.63) is 41.4 Å². The lowest BCUT2D eigenvalue weighted by Crippen LogP contribution is -2.24. The SMILES string of the molecule is CCC(Sc1ccc2ccccc2n1)C(=O)Nc1nnc(CC(C)C)s1. The lowest BCUT2D eigenvalue weighted by molar-refractivity contribution is -0.115. The Morgan fingerprint density at radius 3 is 2.77 bits per heavy atom. The fourth-order valence-electron chi connectivity index (χ4n) is 2.50. The fourth-order valence-corrected chi connectivity index (χ4v) is 4.38. The molecule has 0 bridgehead atoms. The lowest BCUT2D eigenvalue weighted by Gasteiger charge is -2.13. The highest BCUT2D eigenvalue weighted by Gasteiger charge is 2.20. The zero-order valence-corrected chi connectivity index (χ0v) is 16.7. The van der Waals surface area contributed by atoms with Gasteiger partial charge < -0.3 is 0 Å². The van der Waals surface area contributed by atoms with Crippen molar-refractivity contribution in [2.45, 2.75) is 43.9 Å². The lowest BCUT2D eigenvalue weighted by atomic mass is 10.1. The molecule has 0 fully saturated rings. The number of nitrogens with zero attached hydrogens (tertiary/aromatic N) is 3. The van der Waals surface area contributed by atoms with Crippen LogP contribution in [-0.2, 0) is 11.2 Å². The zero-order chi connectivity index (χ0) is 18.5. The fraction of sp³-hybridized carbons (Fsp3) is 0.368. The number of aromatic nitrogens is 3. The van der Waals surface area contributed by atoms with Crippen LogP contribution in [-0.4, -0.2) is 26.3 Å². The minimum absolute atomic E-state index is 0.0558. The number of hydrogen-bond acceptors (Lipinski definition) is 6. The number of anilines is 1. The third-order valence-corrected chi connectivity index (χ3v) is 5.94. The molecule has 0 saturated carbocycles. The normalized spacial score (nSPS) is 12.5. The van der Waals surface area contributed by atoms with Crippen molar-refractivity contribution in [3.8, 4) is 0 Å². The summed E-state index contributed by atoms with van der Waals surface area (Å²) in [5.41, 5.74) is 0.940. The predicted octanol–water partition coefficient (Wildman–Crippen LogP) is 4.79. The summed E-state index contributed by atoms with van der Waals surface area (Å²) < 4.78 is 0. The van der Waals surface area contributed by atoms with Crippen LogP contribution < -0.4 is 5.32 Å². The molecule has 0 spiro atoms. The van der Waals surface area contributed by atoms with E-state index in [1.54, 1.807) is 0 Å². The first-order valence-electron chi connectivity index (χ1n) is 8.71. The van der Waals surface area contributed by atoms with Gasteiger partial charge in [-0.15, -0.1) is 10.2 Å². The summed E-state index contributed by atoms with van der Waals surface area (Å²) in [5, 5.41) is 14.4. The Balaban J connectivity index is 1.67. The minimum Gasteiger partial charge on any atom is -0.300 e. The average molecular weight is 387 g/mol. The van der Waals surface area contributed by atoms with Crippen LogP contribution >= 0.6 is 23.1 Å². The Morgan fingerprint density at radius 2 is 2.00 bits per heavy atom. The van der Waals surface area contributed by atoms with Crippen molar-refractivity contribution < 1.29 is 4.79 Å². The number of carbonyl (C=O) groups is 1. The van der Waals surface area contributed by atoms with Crippen LogP contribution in [0.5, 0.6) is 0 Å². The number of para-hydroxylation sites is 1. The van der Waals surface area contributed by atoms with E-state index in [0.717, 1.165) is 27.4 Å². The largest absolute Gasteiger partial charge is 0.300 e. The average Bonchev–Trinajstić information content (AvgIpc) is 3.05. The van der Waals surface area contributed by atoms with E-state index in [4.69, 9.17) is 0 Å². The third kappa shape index (κ3) is 4.80. The Kier molecular flexibility index (Phi) is 6.21. The number of hydrogen-bond donors (Lipinski definition) is 1. The minimum atomic E-state index is -0.221. The molecule has 0 aliphatic carbocycles. The molecule has 3 aromatic rings. The first kappa shape index (κ1) is 18.8. The third-order valence-electron chi connectivity index (χ3n) is 3.78. The quantitative estimate of drug-likeness (QED) is 0.591. The zero-order valence-electron chi connectivity index (χ0n) is 15.1. The first-order valence-corrected chi connectivity index (χ1v) is 10.4. The van der Waals surface area contributed by atoms with E-state index in [-0.39, 0.29) is 11.2 Å². The molecule has 1 atom stereocenters. The Hall–Kier alpha value is -1.99. The molecule has 0 saturated heterocycles. The van der Waals surface area contributed by atoms with E-state index in [9.17, 15) is 4.79 Å². The first-order chi connectivity index (χ1) is 12.5. The number of benzene rings is 1. The molecule has 7 heteroatoms. The molecule has 2 heterocycles. The van der Waals surface area contributed by atoms with Crippen LogP contribution in [0, 0.1) is 5.92 Å². The molecular weight excluding hydrogens is 364 g/mol. The van der Waals surface area contributed by atoms with Crippen LogP contribution in [0.3, 0.4) is 0 Å². The van der Waals surface area contributed by atoms with Gasteiger partial charge in [0, 0.05) is 11.8 Å². The molecule has 0 radical (unpaired) electrons. The molecule has 136 valence electrons. The van der Waals surface area contributed by atoms with Gasteiger partial charge in [-0.3, -0.25) is 10.1 Å². The highest BCUT2D eigenvalue weighted by atomic mass is 32.2. The van der Waals surface area contributed by atoms with Gasteiger partial charge in [0.15, 0.2) is 0 Å². The maximum Gasteiger partial charge on any atom is 0.239 e. The highest BCUT2D eigenvalue weighted by molar-refractivity contribution is 8.00. The smallest absolute Gasteiger partial charge is 0.239 e. The molecule has 0 aliphatic rings. The summed E-state index contributed by atoms with van der Waals surface area (Å²) in [6.07, 6.45) is 1.59. The van der Waals surface area contributed by atoms with Crippen molar-refractivity contribution in [2.75, 3.05) is 5.32 Å². The molecular formula is C19H22N4OS2. The topological polar surface area (TPSA) is 67.8 Å². The van der Waals surface area contributed by atoms with E-state index in [0.29, 0.717) is 17.5 Å². The summed E-state index contributed by atoms with van der Waals surface area (Å²) in [6.45, 7) is 6.28. The highest BCUT2D eigenvalue weighted by Crippen LogP contribution is 2.27. The molecule has 1 aromatic carbocycles. The Bertz CT molecular complexity index is 894. The summed E-state index contributed by atoms with van der Waals surface area (Å²) in [4.78, 5) is 17.3. The summed E-state index contributed by atoms with van der Waals surface area (Å²) in [7, 11) is 0. The number of nitrogens with one attached hydrogen (secondary N) is 1. The van der Waals surface area contributed by atoms with Crippen molar-refractivity contribution in [2.24, 2.45) is 5.92 Å². The van der Waals surface area contributed by atoms with Gasteiger partial charge in [0.2, 0.25) is 11.0 Å². The van der Waals surface area contributed by atoms with Crippen LogP contribution in [0.1, 0.15) is 32.2 Å². The number of thioether (sulfide) groups is 1. The van der Waals surface area contributed by atoms with Gasteiger partial charge in [-0.1, -0.05) is 68.1 Å². The monoisotopic (exact) mass is 386 g/mol. The van der Waals surface area contributed by atoms with E-state index in [1.807, 2.05) is 43.3 Å². The number of rotatable bonds is 7. The molecule has 1 N–H and O–H groups in total. The van der Waals surface area contributed by atoms with Gasteiger partial charge in [0.1, 0.15) is 5.01 Å². The second kappa shape index (κ2) is 8.60. The van der Waals surface area contributed by atoms with E-state index in [1.165, 1.54) is 23.1 Å². The van der Waals surface area contributed by atoms with Crippen molar-refractivity contribution in [3.63, 3.8) is 0 Å². The molecule has 1 amide bonds. The van der Waals surface area contributed by atoms with Gasteiger partial charge in [-0.25, -0.2) is 4.98 Å². The second-order valence-electron chi connectivity index (χ2n) is 6.45. The Morgan fingerprint density at radius 1 is 1.19 bits per heavy atom. The van der Waals surface area contributed by atoms with Crippen molar-refractivity contribution >= 4 is 45.0 Å². The van der Waals surface area contributed by atoms with Gasteiger partial charge >= 0.3 is 0 Å². The molecule has 26 heavy (non-hydrogen) atoms. The van der Waals surface area contributed by atoms with Crippen molar-refractivity contribution in [1.29, 1.82) is 0 Å². The number of amides is 1. The number of carbonyl (C=O) groups excluding carboxylic acids is 1. The van der Waals surface area contributed by atoms with Gasteiger partial charge in [0.05, 0.1) is 15.8 Å². The summed E-state index contributed by atoms with van der Waals surface area (Å²) >= 11 is 2.93. The maximum absolute atomic E-state index is 12.6. The van der Waals surface area contributed by atoms with Gasteiger partial charge in [-0.2, -0.15) is 0 Å². The van der Waals surface area contributed by atoms with Crippen molar-refractivity contribution in [1.82, 2.24) is 15.2 Å². The Labute approximate surface area is 161 Å². The molecule has 2 aromatic heterocycles. The van der Waals surface area contributed by atoms with Gasteiger partial charge in [0.25, 0.3) is 0 Å². The summed E-state index contributed by atoms with van der Waals surface area (Å²) in [5.74, 6) is 0.462. The number of fused-ring (bicyclic) bond motifs is 1. The van der Waals surface area contributed by atoms with Crippen LogP contribution in [0.4, 0.5) is 5.13 Å².